The van der Waals surface area contributed by atoms with Crippen molar-refractivity contribution in [1.82, 2.24) is 5.32 Å². The van der Waals surface area contributed by atoms with E-state index in [9.17, 15) is 19.2 Å². The van der Waals surface area contributed by atoms with Crippen LogP contribution in [-0.2, 0) is 14.4 Å². The number of benzene rings is 2. The average molecular weight is 438 g/mol. The van der Waals surface area contributed by atoms with Crippen LogP contribution in [0.15, 0.2) is 48.0 Å². The molecule has 1 aliphatic rings. The monoisotopic (exact) mass is 438 g/mol. The van der Waals surface area contributed by atoms with Gasteiger partial charge in [-0.1, -0.05) is 24.3 Å². The number of ether oxygens (including phenoxy) is 2. The molecule has 9 heteroatoms. The number of para-hydroxylation sites is 1. The number of nitrogens with one attached hydrogen (secondary N) is 1. The van der Waals surface area contributed by atoms with E-state index in [1.807, 2.05) is 0 Å². The van der Waals surface area contributed by atoms with Crippen LogP contribution in [0.3, 0.4) is 0 Å². The summed E-state index contributed by atoms with van der Waals surface area (Å²) in [6, 6.07) is 10.6. The summed E-state index contributed by atoms with van der Waals surface area (Å²) < 4.78 is 10.9. The minimum absolute atomic E-state index is 0.208. The standard InChI is InChI=1S/C23H22N2O7/c1-4-31-19-12-15(9-10-18(19)32-14(3)22(28)29)11-16-20(26)24-23(30)25(21(16)27)17-8-6-5-7-13(17)2/h5-12,14H,4H2,1-3H3,(H,28,29)(H,24,26,30)/b16-11-/t14-/m0/s1. The molecule has 1 fully saturated rings. The summed E-state index contributed by atoms with van der Waals surface area (Å²) in [5.74, 6) is -2.25. The van der Waals surface area contributed by atoms with Crippen molar-refractivity contribution < 1.29 is 33.8 Å². The first kappa shape index (κ1) is 22.5. The van der Waals surface area contributed by atoms with Crippen LogP contribution in [0.25, 0.3) is 6.08 Å². The quantitative estimate of drug-likeness (QED) is 0.503. The van der Waals surface area contributed by atoms with Gasteiger partial charge in [0.1, 0.15) is 5.57 Å². The molecule has 166 valence electrons. The number of anilines is 1. The van der Waals surface area contributed by atoms with E-state index in [-0.39, 0.29) is 23.7 Å². The third-order valence-electron chi connectivity index (χ3n) is 4.69. The lowest BCUT2D eigenvalue weighted by Gasteiger charge is -2.27. The van der Waals surface area contributed by atoms with Crippen LogP contribution in [0.2, 0.25) is 0 Å². The van der Waals surface area contributed by atoms with E-state index in [1.54, 1.807) is 44.2 Å². The average Bonchev–Trinajstić information content (AvgIpc) is 2.74. The minimum Gasteiger partial charge on any atom is -0.490 e. The number of barbiturate groups is 1. The number of carbonyl (C=O) groups is 4. The van der Waals surface area contributed by atoms with Gasteiger partial charge in [-0.05, 0) is 56.2 Å². The molecular formula is C23H22N2O7. The van der Waals surface area contributed by atoms with E-state index in [0.29, 0.717) is 16.8 Å². The highest BCUT2D eigenvalue weighted by Gasteiger charge is 2.37. The Morgan fingerprint density at radius 1 is 1.16 bits per heavy atom. The van der Waals surface area contributed by atoms with Crippen molar-refractivity contribution in [1.29, 1.82) is 0 Å². The van der Waals surface area contributed by atoms with E-state index in [4.69, 9.17) is 14.6 Å². The zero-order chi connectivity index (χ0) is 23.4. The first-order chi connectivity index (χ1) is 15.2. The molecule has 4 amide bonds. The lowest BCUT2D eigenvalue weighted by atomic mass is 10.1. The maximum absolute atomic E-state index is 13.1. The fourth-order valence-electron chi connectivity index (χ4n) is 3.08. The van der Waals surface area contributed by atoms with E-state index in [2.05, 4.69) is 5.32 Å². The SMILES string of the molecule is CCOc1cc(/C=C2/C(=O)NC(=O)N(c3ccccc3C)C2=O)ccc1O[C@@H](C)C(=O)O. The first-order valence-electron chi connectivity index (χ1n) is 9.86. The second-order valence-corrected chi connectivity index (χ2v) is 6.98. The van der Waals surface area contributed by atoms with Gasteiger partial charge in [0.25, 0.3) is 11.8 Å². The highest BCUT2D eigenvalue weighted by Crippen LogP contribution is 2.31. The summed E-state index contributed by atoms with van der Waals surface area (Å²) in [5, 5.41) is 11.2. The molecule has 32 heavy (non-hydrogen) atoms. The number of amides is 4. The van der Waals surface area contributed by atoms with Gasteiger partial charge in [-0.2, -0.15) is 0 Å². The Kier molecular flexibility index (Phi) is 6.58. The Hall–Kier alpha value is -4.14. The van der Waals surface area contributed by atoms with Crippen molar-refractivity contribution in [2.45, 2.75) is 26.9 Å². The van der Waals surface area contributed by atoms with Gasteiger partial charge in [-0.3, -0.25) is 14.9 Å². The fourth-order valence-corrected chi connectivity index (χ4v) is 3.08. The van der Waals surface area contributed by atoms with E-state index in [1.165, 1.54) is 25.1 Å². The third kappa shape index (κ3) is 4.61. The van der Waals surface area contributed by atoms with Gasteiger partial charge in [-0.15, -0.1) is 0 Å². The van der Waals surface area contributed by atoms with Crippen molar-refractivity contribution in [3.8, 4) is 11.5 Å². The fraction of sp³-hybridized carbons (Fsp3) is 0.217. The summed E-state index contributed by atoms with van der Waals surface area (Å²) in [6.45, 7) is 5.17. The molecule has 0 radical (unpaired) electrons. The number of carboxylic acids is 1. The predicted molar refractivity (Wildman–Crippen MR) is 116 cm³/mol. The van der Waals surface area contributed by atoms with Crippen molar-refractivity contribution >= 4 is 35.6 Å². The number of imide groups is 2. The number of rotatable bonds is 7. The van der Waals surface area contributed by atoms with Crippen LogP contribution in [-0.4, -0.2) is 41.6 Å². The van der Waals surface area contributed by atoms with Crippen LogP contribution in [0.5, 0.6) is 11.5 Å². The van der Waals surface area contributed by atoms with Gasteiger partial charge in [0, 0.05) is 0 Å². The van der Waals surface area contributed by atoms with Crippen LogP contribution < -0.4 is 19.7 Å². The van der Waals surface area contributed by atoms with Crippen molar-refractivity contribution in [3.63, 3.8) is 0 Å². The molecule has 0 unspecified atom stereocenters. The topological polar surface area (TPSA) is 122 Å². The van der Waals surface area contributed by atoms with Gasteiger partial charge in [-0.25, -0.2) is 14.5 Å². The maximum atomic E-state index is 13.1. The zero-order valence-electron chi connectivity index (χ0n) is 17.7. The van der Waals surface area contributed by atoms with Crippen molar-refractivity contribution in [2.24, 2.45) is 0 Å². The molecule has 2 aromatic rings. The molecule has 0 spiro atoms. The van der Waals surface area contributed by atoms with Gasteiger partial charge >= 0.3 is 12.0 Å². The largest absolute Gasteiger partial charge is 0.490 e. The molecule has 1 heterocycles. The predicted octanol–water partition coefficient (Wildman–Crippen LogP) is 2.91. The third-order valence-corrected chi connectivity index (χ3v) is 4.69. The molecule has 2 aromatic carbocycles. The molecule has 0 aliphatic carbocycles. The lowest BCUT2D eigenvalue weighted by molar-refractivity contribution is -0.144. The second-order valence-electron chi connectivity index (χ2n) is 6.98. The van der Waals surface area contributed by atoms with Crippen molar-refractivity contribution in [3.05, 3.63) is 59.2 Å². The number of carbonyl (C=O) groups excluding carboxylic acids is 3. The molecule has 0 aromatic heterocycles. The lowest BCUT2D eigenvalue weighted by Crippen LogP contribution is -2.54. The summed E-state index contributed by atoms with van der Waals surface area (Å²) >= 11 is 0. The van der Waals surface area contributed by atoms with Gasteiger partial charge in [0.15, 0.2) is 17.6 Å². The number of hydrogen-bond donors (Lipinski definition) is 2. The van der Waals surface area contributed by atoms with Crippen molar-refractivity contribution in [2.75, 3.05) is 11.5 Å². The molecule has 2 N–H and O–H groups in total. The normalized spacial score (nSPS) is 16.0. The van der Waals surface area contributed by atoms with Gasteiger partial charge < -0.3 is 14.6 Å². The van der Waals surface area contributed by atoms with E-state index in [0.717, 1.165) is 4.90 Å². The molecular weight excluding hydrogens is 416 g/mol. The molecule has 3 rings (SSSR count). The highest BCUT2D eigenvalue weighted by molar-refractivity contribution is 6.39. The molecule has 9 nitrogen and oxygen atoms in total. The Labute approximate surface area is 184 Å². The summed E-state index contributed by atoms with van der Waals surface area (Å²) in [5.41, 5.74) is 1.26. The maximum Gasteiger partial charge on any atom is 0.344 e. The number of nitrogens with zero attached hydrogens (tertiary/aromatic N) is 1. The number of hydrogen-bond acceptors (Lipinski definition) is 6. The summed E-state index contributed by atoms with van der Waals surface area (Å²) in [7, 11) is 0. The van der Waals surface area contributed by atoms with Gasteiger partial charge in [0.2, 0.25) is 0 Å². The Balaban J connectivity index is 1.98. The minimum atomic E-state index is -1.14. The second kappa shape index (κ2) is 9.34. The van der Waals surface area contributed by atoms with Crippen LogP contribution in [0.4, 0.5) is 10.5 Å². The zero-order valence-corrected chi connectivity index (χ0v) is 17.7. The Morgan fingerprint density at radius 2 is 1.88 bits per heavy atom. The Bertz CT molecular complexity index is 1120. The summed E-state index contributed by atoms with van der Waals surface area (Å²) in [6.07, 6.45) is 0.236. The van der Waals surface area contributed by atoms with Crippen LogP contribution >= 0.6 is 0 Å². The van der Waals surface area contributed by atoms with Gasteiger partial charge in [0.05, 0.1) is 12.3 Å². The molecule has 1 aliphatic heterocycles. The Morgan fingerprint density at radius 3 is 2.53 bits per heavy atom. The molecule has 0 bridgehead atoms. The molecule has 1 atom stereocenters. The number of urea groups is 1. The number of carboxylic acid groups (broad SMARTS) is 1. The van der Waals surface area contributed by atoms with E-state index < -0.39 is 29.9 Å². The summed E-state index contributed by atoms with van der Waals surface area (Å²) in [4.78, 5) is 49.8. The van der Waals surface area contributed by atoms with Crippen LogP contribution in [0.1, 0.15) is 25.0 Å². The molecule has 0 saturated carbocycles. The molecule has 1 saturated heterocycles. The number of aliphatic carboxylic acids is 1. The smallest absolute Gasteiger partial charge is 0.344 e. The highest BCUT2D eigenvalue weighted by atomic mass is 16.5. The van der Waals surface area contributed by atoms with Crippen LogP contribution in [0, 0.1) is 6.92 Å². The number of aryl methyl sites for hydroxylation is 1. The first-order valence-corrected chi connectivity index (χ1v) is 9.86. The van der Waals surface area contributed by atoms with E-state index >= 15 is 0 Å².